The molecule has 0 saturated carbocycles. The van der Waals surface area contributed by atoms with E-state index < -0.39 is 30.0 Å². The molecule has 0 atom stereocenters. The van der Waals surface area contributed by atoms with E-state index in [2.05, 4.69) is 4.98 Å². The number of H-pyrrole nitrogens is 1. The lowest BCUT2D eigenvalue weighted by molar-refractivity contribution is -0.345. The highest BCUT2D eigenvalue weighted by Crippen LogP contribution is 2.52. The number of halogens is 8. The molecule has 0 saturated heterocycles. The molecule has 0 fully saturated rings. The molecule has 10 heteroatoms. The van der Waals surface area contributed by atoms with Gasteiger partial charge in [0.2, 0.25) is 0 Å². The number of fused-ring (bicyclic) bond motifs is 3. The number of hydrogen-bond donors (Lipinski definition) is 1. The predicted octanol–water partition coefficient (Wildman–Crippen LogP) is 5.34. The Hall–Kier alpha value is -2.39. The van der Waals surface area contributed by atoms with Gasteiger partial charge < -0.3 is 4.98 Å². The van der Waals surface area contributed by atoms with Gasteiger partial charge in [-0.05, 0) is 11.5 Å². The van der Waals surface area contributed by atoms with Crippen molar-refractivity contribution in [1.82, 2.24) is 9.97 Å². The SMILES string of the molecule is FC(F)C(F)(F)C(F)(F)C(F)(F)c1nc2c(ccc3ccccc32)[nH]1. The second-order valence-electron chi connectivity index (χ2n) is 5.34. The van der Waals surface area contributed by atoms with Gasteiger partial charge >= 0.3 is 24.2 Å². The zero-order chi connectivity index (χ0) is 18.6. The summed E-state index contributed by atoms with van der Waals surface area (Å²) in [4.78, 5) is 5.11. The van der Waals surface area contributed by atoms with Crippen LogP contribution in [-0.4, -0.2) is 28.2 Å². The topological polar surface area (TPSA) is 28.7 Å². The fraction of sp³-hybridized carbons (Fsp3) is 0.267. The average molecular weight is 368 g/mol. The van der Waals surface area contributed by atoms with Crippen LogP contribution in [-0.2, 0) is 5.92 Å². The predicted molar refractivity (Wildman–Crippen MR) is 73.4 cm³/mol. The van der Waals surface area contributed by atoms with E-state index in [0.29, 0.717) is 10.8 Å². The molecule has 0 spiro atoms. The van der Waals surface area contributed by atoms with E-state index in [1.165, 1.54) is 24.3 Å². The zero-order valence-electron chi connectivity index (χ0n) is 12.0. The number of nitrogens with one attached hydrogen (secondary N) is 1. The van der Waals surface area contributed by atoms with E-state index in [-0.39, 0.29) is 11.0 Å². The Labute approximate surface area is 134 Å². The molecule has 1 heterocycles. The Bertz CT molecular complexity index is 932. The fourth-order valence-electron chi connectivity index (χ4n) is 2.39. The van der Waals surface area contributed by atoms with Gasteiger partial charge in [-0.15, -0.1) is 0 Å². The van der Waals surface area contributed by atoms with E-state index in [4.69, 9.17) is 0 Å². The first kappa shape index (κ1) is 17.4. The van der Waals surface area contributed by atoms with Crippen LogP contribution in [0.2, 0.25) is 0 Å². The summed E-state index contributed by atoms with van der Waals surface area (Å²) in [7, 11) is 0. The van der Waals surface area contributed by atoms with Crippen LogP contribution < -0.4 is 0 Å². The summed E-state index contributed by atoms with van der Waals surface area (Å²) >= 11 is 0. The molecule has 0 bridgehead atoms. The van der Waals surface area contributed by atoms with Gasteiger partial charge in [0.1, 0.15) is 0 Å². The van der Waals surface area contributed by atoms with Gasteiger partial charge in [-0.3, -0.25) is 0 Å². The summed E-state index contributed by atoms with van der Waals surface area (Å²) in [6, 6.07) is 8.95. The van der Waals surface area contributed by atoms with Crippen LogP contribution in [0, 0.1) is 0 Å². The van der Waals surface area contributed by atoms with Crippen LogP contribution in [0.3, 0.4) is 0 Å². The van der Waals surface area contributed by atoms with Crippen LogP contribution in [0.1, 0.15) is 5.82 Å². The van der Waals surface area contributed by atoms with E-state index in [1.807, 2.05) is 4.98 Å². The first-order valence-corrected chi connectivity index (χ1v) is 6.79. The average Bonchev–Trinajstić information content (AvgIpc) is 2.99. The molecule has 0 aliphatic rings. The minimum Gasteiger partial charge on any atom is -0.337 e. The summed E-state index contributed by atoms with van der Waals surface area (Å²) in [6.45, 7) is 0. The highest BCUT2D eigenvalue weighted by molar-refractivity contribution is 6.04. The number of nitrogens with zero attached hydrogens (tertiary/aromatic N) is 1. The van der Waals surface area contributed by atoms with Crippen LogP contribution in [0.25, 0.3) is 21.8 Å². The number of hydrogen-bond acceptors (Lipinski definition) is 1. The lowest BCUT2D eigenvalue weighted by atomic mass is 10.0. The van der Waals surface area contributed by atoms with Crippen LogP contribution in [0.15, 0.2) is 36.4 Å². The highest BCUT2D eigenvalue weighted by Gasteiger charge is 2.77. The van der Waals surface area contributed by atoms with Gasteiger partial charge in [0, 0.05) is 5.39 Å². The van der Waals surface area contributed by atoms with Crippen molar-refractivity contribution in [1.29, 1.82) is 0 Å². The molecule has 1 aromatic heterocycles. The molecule has 3 aromatic rings. The fourth-order valence-corrected chi connectivity index (χ4v) is 2.39. The minimum absolute atomic E-state index is 0.121. The van der Waals surface area contributed by atoms with E-state index in [1.54, 1.807) is 12.1 Å². The molecule has 0 amide bonds. The summed E-state index contributed by atoms with van der Waals surface area (Å²) in [5.41, 5.74) is -0.284. The molecule has 0 aliphatic heterocycles. The van der Waals surface area contributed by atoms with Crippen molar-refractivity contribution < 1.29 is 35.1 Å². The molecule has 0 aliphatic carbocycles. The molecule has 0 unspecified atom stereocenters. The van der Waals surface area contributed by atoms with Crippen molar-refractivity contribution in [2.75, 3.05) is 0 Å². The molecule has 134 valence electrons. The molecular weight excluding hydrogens is 360 g/mol. The Kier molecular flexibility index (Phi) is 3.70. The second-order valence-corrected chi connectivity index (χ2v) is 5.34. The number of alkyl halides is 8. The summed E-state index contributed by atoms with van der Waals surface area (Å²) in [5.74, 6) is -20.0. The van der Waals surface area contributed by atoms with Crippen molar-refractivity contribution in [3.63, 3.8) is 0 Å². The number of imidazole rings is 1. The zero-order valence-corrected chi connectivity index (χ0v) is 12.0. The van der Waals surface area contributed by atoms with E-state index >= 15 is 0 Å². The Balaban J connectivity index is 2.19. The molecule has 3 rings (SSSR count). The summed E-state index contributed by atoms with van der Waals surface area (Å²) < 4.78 is 105. The molecule has 1 N–H and O–H groups in total. The number of aromatic amines is 1. The van der Waals surface area contributed by atoms with Crippen molar-refractivity contribution in [2.45, 2.75) is 24.2 Å². The number of aromatic nitrogens is 2. The third-order valence-corrected chi connectivity index (χ3v) is 3.76. The third-order valence-electron chi connectivity index (χ3n) is 3.76. The minimum atomic E-state index is -6.35. The number of rotatable bonds is 4. The Morgan fingerprint density at radius 3 is 2.16 bits per heavy atom. The monoisotopic (exact) mass is 368 g/mol. The Morgan fingerprint density at radius 1 is 0.880 bits per heavy atom. The van der Waals surface area contributed by atoms with Crippen molar-refractivity contribution in [3.8, 4) is 0 Å². The van der Waals surface area contributed by atoms with Gasteiger partial charge in [0.25, 0.3) is 0 Å². The quantitative estimate of drug-likeness (QED) is 0.619. The van der Waals surface area contributed by atoms with Crippen molar-refractivity contribution in [3.05, 3.63) is 42.2 Å². The van der Waals surface area contributed by atoms with E-state index in [0.717, 1.165) is 0 Å². The maximum Gasteiger partial charge on any atom is 0.385 e. The van der Waals surface area contributed by atoms with Crippen LogP contribution >= 0.6 is 0 Å². The van der Waals surface area contributed by atoms with Gasteiger partial charge in [0.05, 0.1) is 11.0 Å². The lowest BCUT2D eigenvalue weighted by Gasteiger charge is -2.30. The lowest BCUT2D eigenvalue weighted by Crippen LogP contribution is -2.56. The maximum absolute atomic E-state index is 14.0. The van der Waals surface area contributed by atoms with Gasteiger partial charge in [-0.2, -0.15) is 26.3 Å². The highest BCUT2D eigenvalue weighted by atomic mass is 19.4. The Morgan fingerprint density at radius 2 is 1.52 bits per heavy atom. The number of benzene rings is 2. The molecule has 0 radical (unpaired) electrons. The smallest absolute Gasteiger partial charge is 0.337 e. The third kappa shape index (κ3) is 2.34. The first-order valence-electron chi connectivity index (χ1n) is 6.79. The van der Waals surface area contributed by atoms with Gasteiger partial charge in [0.15, 0.2) is 5.82 Å². The molecule has 2 nitrogen and oxygen atoms in total. The van der Waals surface area contributed by atoms with Crippen LogP contribution in [0.4, 0.5) is 35.1 Å². The van der Waals surface area contributed by atoms with Crippen molar-refractivity contribution >= 4 is 21.8 Å². The largest absolute Gasteiger partial charge is 0.385 e. The van der Waals surface area contributed by atoms with Crippen molar-refractivity contribution in [2.24, 2.45) is 0 Å². The summed E-state index contributed by atoms with van der Waals surface area (Å²) in [6.07, 6.45) is -4.97. The molecule has 25 heavy (non-hydrogen) atoms. The van der Waals surface area contributed by atoms with Gasteiger partial charge in [-0.25, -0.2) is 13.8 Å². The summed E-state index contributed by atoms with van der Waals surface area (Å²) in [5, 5.41) is 0.850. The normalized spacial score (nSPS) is 14.0. The van der Waals surface area contributed by atoms with Gasteiger partial charge in [-0.1, -0.05) is 30.3 Å². The van der Waals surface area contributed by atoms with Crippen LogP contribution in [0.5, 0.6) is 0 Å². The standard InChI is InChI=1S/C15H8F8N2/c16-11(17)13(18,19)15(22,23)14(20,21)12-24-9-6-5-7-3-1-2-4-8(7)10(9)25-12/h1-6,11H,(H,24,25). The maximum atomic E-state index is 14.0. The molecular formula is C15H8F8N2. The van der Waals surface area contributed by atoms with E-state index in [9.17, 15) is 35.1 Å². The molecule has 2 aromatic carbocycles. The first-order chi connectivity index (χ1) is 11.5. The second kappa shape index (κ2) is 5.30.